The summed E-state index contributed by atoms with van der Waals surface area (Å²) in [6.45, 7) is 2.08. The number of rotatable bonds is 4. The predicted octanol–water partition coefficient (Wildman–Crippen LogP) is 3.89. The molecule has 9 nitrogen and oxygen atoms in total. The number of carbonyl (C=O) groups is 1. The van der Waals surface area contributed by atoms with Gasteiger partial charge in [0.15, 0.2) is 0 Å². The maximum absolute atomic E-state index is 12.8. The number of amides is 1. The molecule has 6 heterocycles. The number of aromatic nitrogens is 6. The number of hydrogen-bond acceptors (Lipinski definition) is 6. The Morgan fingerprint density at radius 3 is 2.65 bits per heavy atom. The van der Waals surface area contributed by atoms with E-state index in [9.17, 15) is 4.79 Å². The Morgan fingerprint density at radius 1 is 1.00 bits per heavy atom. The third-order valence-electron chi connectivity index (χ3n) is 6.47. The molecule has 0 bridgehead atoms. The van der Waals surface area contributed by atoms with Crippen LogP contribution in [-0.4, -0.2) is 60.7 Å². The van der Waals surface area contributed by atoms with Crippen LogP contribution in [0.2, 0.25) is 0 Å². The van der Waals surface area contributed by atoms with E-state index in [1.54, 1.807) is 12.4 Å². The quantitative estimate of drug-likeness (QED) is 0.429. The second-order valence-electron chi connectivity index (χ2n) is 8.82. The van der Waals surface area contributed by atoms with Crippen molar-refractivity contribution >= 4 is 33.7 Å². The minimum atomic E-state index is -0.225. The molecule has 0 unspecified atom stereocenters. The van der Waals surface area contributed by atoms with Crippen molar-refractivity contribution in [3.63, 3.8) is 0 Å². The Labute approximate surface area is 195 Å². The summed E-state index contributed by atoms with van der Waals surface area (Å²) < 4.78 is 1.92. The van der Waals surface area contributed by atoms with Crippen LogP contribution in [0.15, 0.2) is 61.4 Å². The molecule has 9 heteroatoms. The highest BCUT2D eigenvalue weighted by molar-refractivity contribution is 6.04. The highest BCUT2D eigenvalue weighted by atomic mass is 16.1. The van der Waals surface area contributed by atoms with Gasteiger partial charge >= 0.3 is 0 Å². The smallest absolute Gasteiger partial charge is 0.260 e. The van der Waals surface area contributed by atoms with Gasteiger partial charge in [-0.15, -0.1) is 0 Å². The minimum Gasteiger partial charge on any atom is -0.346 e. The zero-order valence-electron chi connectivity index (χ0n) is 18.8. The summed E-state index contributed by atoms with van der Waals surface area (Å²) in [4.78, 5) is 31.6. The van der Waals surface area contributed by atoms with Crippen LogP contribution < -0.4 is 5.32 Å². The summed E-state index contributed by atoms with van der Waals surface area (Å²) >= 11 is 0. The zero-order chi connectivity index (χ0) is 23.1. The number of H-pyrrole nitrogens is 1. The van der Waals surface area contributed by atoms with E-state index in [2.05, 4.69) is 48.4 Å². The molecule has 0 radical (unpaired) electrons. The van der Waals surface area contributed by atoms with Crippen molar-refractivity contribution in [3.8, 4) is 11.1 Å². The van der Waals surface area contributed by atoms with E-state index in [1.165, 1.54) is 0 Å². The van der Waals surface area contributed by atoms with Gasteiger partial charge in [-0.1, -0.05) is 0 Å². The predicted molar refractivity (Wildman–Crippen MR) is 131 cm³/mol. The minimum absolute atomic E-state index is 0.225. The first-order valence-electron chi connectivity index (χ1n) is 11.4. The van der Waals surface area contributed by atoms with Crippen molar-refractivity contribution < 1.29 is 4.79 Å². The van der Waals surface area contributed by atoms with E-state index in [1.807, 2.05) is 47.7 Å². The lowest BCUT2D eigenvalue weighted by Gasteiger charge is -2.28. The average molecular weight is 453 g/mol. The lowest BCUT2D eigenvalue weighted by molar-refractivity contribution is 0.102. The van der Waals surface area contributed by atoms with Gasteiger partial charge in [0, 0.05) is 46.7 Å². The molecule has 5 aromatic rings. The van der Waals surface area contributed by atoms with Crippen molar-refractivity contribution in [1.29, 1.82) is 0 Å². The summed E-state index contributed by atoms with van der Waals surface area (Å²) in [5.74, 6) is 0.250. The molecular weight excluding hydrogens is 428 g/mol. The van der Waals surface area contributed by atoms with Gasteiger partial charge in [-0.25, -0.2) is 9.97 Å². The van der Waals surface area contributed by atoms with Crippen molar-refractivity contribution in [2.45, 2.75) is 18.9 Å². The van der Waals surface area contributed by atoms with E-state index in [0.29, 0.717) is 17.4 Å². The number of likely N-dealkylation sites (tertiary alicyclic amines) is 1. The highest BCUT2D eigenvalue weighted by Gasteiger charge is 2.20. The molecule has 5 aromatic heterocycles. The largest absolute Gasteiger partial charge is 0.346 e. The number of hydrogen-bond donors (Lipinski definition) is 2. The Kier molecular flexibility index (Phi) is 5.03. The normalized spacial score (nSPS) is 15.2. The molecule has 1 aliphatic rings. The summed E-state index contributed by atoms with van der Waals surface area (Å²) in [5.41, 5.74) is 4.06. The Hall–Kier alpha value is -4.11. The lowest BCUT2D eigenvalue weighted by Crippen LogP contribution is -2.31. The van der Waals surface area contributed by atoms with Gasteiger partial charge in [0.2, 0.25) is 0 Å². The molecule has 34 heavy (non-hydrogen) atoms. The standard InChI is InChI=1S/C25H24N8O/c1-32-6-3-21(4-7-32)33-15-20(13-30-33)25(34)31-23-10-17-9-19(11-27-22(17)14-28-23)18-8-16-2-5-26-24(16)29-12-18/h2,5,8-15,21H,3-4,6-7H2,1H3,(H,26,29)(H,28,31,34). The van der Waals surface area contributed by atoms with E-state index < -0.39 is 0 Å². The number of carbonyl (C=O) groups excluding carboxylic acids is 1. The molecule has 1 saturated heterocycles. The van der Waals surface area contributed by atoms with Gasteiger partial charge in [0.05, 0.1) is 29.5 Å². The van der Waals surface area contributed by atoms with Gasteiger partial charge in [0.1, 0.15) is 11.5 Å². The zero-order valence-corrected chi connectivity index (χ0v) is 18.8. The molecule has 0 aliphatic carbocycles. The second-order valence-corrected chi connectivity index (χ2v) is 8.82. The first-order valence-corrected chi connectivity index (χ1v) is 11.4. The molecule has 1 amide bonds. The lowest BCUT2D eigenvalue weighted by atomic mass is 10.1. The van der Waals surface area contributed by atoms with Crippen LogP contribution in [0, 0.1) is 0 Å². The van der Waals surface area contributed by atoms with Gasteiger partial charge in [-0.2, -0.15) is 5.10 Å². The van der Waals surface area contributed by atoms with E-state index in [4.69, 9.17) is 0 Å². The first kappa shape index (κ1) is 20.5. The van der Waals surface area contributed by atoms with Crippen LogP contribution in [-0.2, 0) is 0 Å². The van der Waals surface area contributed by atoms with E-state index in [-0.39, 0.29) is 5.91 Å². The van der Waals surface area contributed by atoms with Crippen LogP contribution in [0.3, 0.4) is 0 Å². The van der Waals surface area contributed by atoms with Crippen LogP contribution in [0.4, 0.5) is 5.82 Å². The third-order valence-corrected chi connectivity index (χ3v) is 6.47. The Balaban J connectivity index is 1.22. The Bertz CT molecular complexity index is 1500. The molecule has 0 spiro atoms. The third kappa shape index (κ3) is 3.90. The van der Waals surface area contributed by atoms with Crippen molar-refractivity contribution in [2.24, 2.45) is 0 Å². The number of piperidine rings is 1. The van der Waals surface area contributed by atoms with Crippen LogP contribution in [0.1, 0.15) is 29.2 Å². The molecule has 1 fully saturated rings. The molecule has 170 valence electrons. The fraction of sp³-hybridized carbons (Fsp3) is 0.240. The molecule has 0 aromatic carbocycles. The van der Waals surface area contributed by atoms with Crippen molar-refractivity contribution in [1.82, 2.24) is 34.6 Å². The second kappa shape index (κ2) is 8.35. The fourth-order valence-electron chi connectivity index (χ4n) is 4.46. The molecular formula is C25H24N8O. The number of aromatic amines is 1. The van der Waals surface area contributed by atoms with Gasteiger partial charge in [-0.05, 0) is 57.2 Å². The van der Waals surface area contributed by atoms with Crippen molar-refractivity contribution in [2.75, 3.05) is 25.5 Å². The average Bonchev–Trinajstić information content (AvgIpc) is 3.54. The number of anilines is 1. The van der Waals surface area contributed by atoms with Crippen LogP contribution >= 0.6 is 0 Å². The number of pyridine rings is 3. The highest BCUT2D eigenvalue weighted by Crippen LogP contribution is 2.26. The SMILES string of the molecule is CN1CCC(n2cc(C(=O)Nc3cc4cc(-c5cnc6[nH]ccc6c5)cnc4cn3)cn2)CC1. The number of nitrogens with one attached hydrogen (secondary N) is 2. The fourth-order valence-corrected chi connectivity index (χ4v) is 4.46. The van der Waals surface area contributed by atoms with Gasteiger partial charge in [-0.3, -0.25) is 14.5 Å². The molecule has 0 saturated carbocycles. The summed E-state index contributed by atoms with van der Waals surface area (Å²) in [6.07, 6.45) is 12.7. The number of nitrogens with zero attached hydrogens (tertiary/aromatic N) is 6. The summed E-state index contributed by atoms with van der Waals surface area (Å²) in [7, 11) is 2.13. The van der Waals surface area contributed by atoms with Crippen LogP contribution in [0.5, 0.6) is 0 Å². The molecule has 2 N–H and O–H groups in total. The topological polar surface area (TPSA) is 105 Å². The maximum Gasteiger partial charge on any atom is 0.260 e. The van der Waals surface area contributed by atoms with E-state index >= 15 is 0 Å². The maximum atomic E-state index is 12.8. The van der Waals surface area contributed by atoms with Gasteiger partial charge in [0.25, 0.3) is 5.91 Å². The van der Waals surface area contributed by atoms with E-state index in [0.717, 1.165) is 59.0 Å². The van der Waals surface area contributed by atoms with Crippen LogP contribution in [0.25, 0.3) is 33.1 Å². The first-order chi connectivity index (χ1) is 16.6. The summed E-state index contributed by atoms with van der Waals surface area (Å²) in [5, 5.41) is 9.27. The molecule has 0 atom stereocenters. The number of fused-ring (bicyclic) bond motifs is 2. The van der Waals surface area contributed by atoms with Gasteiger partial charge < -0.3 is 15.2 Å². The monoisotopic (exact) mass is 452 g/mol. The summed E-state index contributed by atoms with van der Waals surface area (Å²) in [6, 6.07) is 8.28. The van der Waals surface area contributed by atoms with Crippen molar-refractivity contribution in [3.05, 3.63) is 67.0 Å². The molecule has 6 rings (SSSR count). The molecule has 1 aliphatic heterocycles. The Morgan fingerprint density at radius 2 is 1.79 bits per heavy atom.